The van der Waals surface area contributed by atoms with Crippen LogP contribution in [0.2, 0.25) is 0 Å². The van der Waals surface area contributed by atoms with Crippen molar-refractivity contribution in [3.05, 3.63) is 118 Å². The van der Waals surface area contributed by atoms with Gasteiger partial charge in [0.1, 0.15) is 5.54 Å². The Hall–Kier alpha value is -2.60. The fourth-order valence-corrected chi connectivity index (χ4v) is 4.28. The van der Waals surface area contributed by atoms with Crippen LogP contribution in [0.5, 0.6) is 5.75 Å². The lowest BCUT2D eigenvalue weighted by atomic mass is 9.77. The van der Waals surface area contributed by atoms with Crippen molar-refractivity contribution in [3.63, 3.8) is 0 Å². The van der Waals surface area contributed by atoms with E-state index >= 15 is 0 Å². The molecule has 0 spiro atoms. The Morgan fingerprint density at radius 2 is 1.17 bits per heavy atom. The number of halogens is 1. The standard InChI is InChI=1S/C25H23IN2O/c1-19(2)29-23-18-28(27-24(23)26)25(20-12-6-3-7-13-20,21-14-8-4-9-15-21)22-16-10-5-11-17-22/h3-19H,1-2H3. The summed E-state index contributed by atoms with van der Waals surface area (Å²) in [4.78, 5) is 0. The molecule has 0 saturated heterocycles. The molecule has 0 atom stereocenters. The highest BCUT2D eigenvalue weighted by atomic mass is 127. The minimum Gasteiger partial charge on any atom is -0.487 e. The summed E-state index contributed by atoms with van der Waals surface area (Å²) in [5.74, 6) is 0.799. The first-order valence-corrected chi connectivity index (χ1v) is 10.8. The van der Waals surface area contributed by atoms with Gasteiger partial charge in [-0.05, 0) is 53.1 Å². The summed E-state index contributed by atoms with van der Waals surface area (Å²) in [6.07, 6.45) is 2.11. The molecule has 3 nitrogen and oxygen atoms in total. The van der Waals surface area contributed by atoms with Crippen LogP contribution in [0, 0.1) is 3.70 Å². The fraction of sp³-hybridized carbons (Fsp3) is 0.160. The van der Waals surface area contributed by atoms with Gasteiger partial charge in [-0.1, -0.05) is 91.0 Å². The van der Waals surface area contributed by atoms with Crippen molar-refractivity contribution >= 4 is 22.6 Å². The SMILES string of the molecule is CC(C)Oc1cn(C(c2ccccc2)(c2ccccc2)c2ccccc2)nc1I. The van der Waals surface area contributed by atoms with Crippen LogP contribution in [0.1, 0.15) is 30.5 Å². The van der Waals surface area contributed by atoms with Gasteiger partial charge in [-0.2, -0.15) is 5.10 Å². The van der Waals surface area contributed by atoms with E-state index in [2.05, 4.69) is 95.4 Å². The molecule has 0 fully saturated rings. The third-order valence-corrected chi connectivity index (χ3v) is 5.67. The summed E-state index contributed by atoms with van der Waals surface area (Å²) in [7, 11) is 0. The molecule has 0 radical (unpaired) electrons. The second kappa shape index (κ2) is 8.41. The summed E-state index contributed by atoms with van der Waals surface area (Å²) >= 11 is 2.26. The van der Waals surface area contributed by atoms with E-state index in [0.717, 1.165) is 26.1 Å². The second-order valence-electron chi connectivity index (χ2n) is 7.20. The van der Waals surface area contributed by atoms with Gasteiger partial charge in [-0.3, -0.25) is 0 Å². The second-order valence-corrected chi connectivity index (χ2v) is 8.23. The maximum absolute atomic E-state index is 6.04. The lowest BCUT2D eigenvalue weighted by Crippen LogP contribution is -2.38. The Bertz CT molecular complexity index is 963. The summed E-state index contributed by atoms with van der Waals surface area (Å²) in [5, 5.41) is 4.94. The van der Waals surface area contributed by atoms with Gasteiger partial charge < -0.3 is 4.74 Å². The maximum Gasteiger partial charge on any atom is 0.171 e. The van der Waals surface area contributed by atoms with Gasteiger partial charge in [0.05, 0.1) is 12.3 Å². The van der Waals surface area contributed by atoms with Crippen molar-refractivity contribution in [1.82, 2.24) is 9.78 Å². The highest BCUT2D eigenvalue weighted by Gasteiger charge is 2.40. The lowest BCUT2D eigenvalue weighted by molar-refractivity contribution is 0.240. The summed E-state index contributed by atoms with van der Waals surface area (Å²) in [5.41, 5.74) is 2.83. The molecule has 0 bridgehead atoms. The molecular formula is C25H23IN2O. The summed E-state index contributed by atoms with van der Waals surface area (Å²) in [6, 6.07) is 31.6. The highest BCUT2D eigenvalue weighted by molar-refractivity contribution is 14.1. The van der Waals surface area contributed by atoms with E-state index in [-0.39, 0.29) is 6.10 Å². The summed E-state index contributed by atoms with van der Waals surface area (Å²) < 4.78 is 8.94. The van der Waals surface area contributed by atoms with E-state index in [9.17, 15) is 0 Å². The minimum atomic E-state index is -0.609. The van der Waals surface area contributed by atoms with Gasteiger partial charge in [-0.15, -0.1) is 0 Å². The van der Waals surface area contributed by atoms with Gasteiger partial charge in [0.25, 0.3) is 0 Å². The van der Waals surface area contributed by atoms with Gasteiger partial charge >= 0.3 is 0 Å². The van der Waals surface area contributed by atoms with Gasteiger partial charge in [0.15, 0.2) is 9.45 Å². The van der Waals surface area contributed by atoms with Crippen LogP contribution < -0.4 is 4.74 Å². The van der Waals surface area contributed by atoms with Crippen LogP contribution in [0.15, 0.2) is 97.2 Å². The van der Waals surface area contributed by atoms with E-state index in [0.29, 0.717) is 0 Å². The third-order valence-electron chi connectivity index (χ3n) is 4.92. The molecule has 0 amide bonds. The maximum atomic E-state index is 6.04. The van der Waals surface area contributed by atoms with Crippen LogP contribution in [-0.4, -0.2) is 15.9 Å². The average molecular weight is 494 g/mol. The smallest absolute Gasteiger partial charge is 0.171 e. The van der Waals surface area contributed by atoms with E-state index in [4.69, 9.17) is 9.84 Å². The number of ether oxygens (including phenoxy) is 1. The fourth-order valence-electron chi connectivity index (χ4n) is 3.78. The zero-order chi connectivity index (χ0) is 20.3. The zero-order valence-corrected chi connectivity index (χ0v) is 18.7. The van der Waals surface area contributed by atoms with Gasteiger partial charge in [0, 0.05) is 0 Å². The van der Waals surface area contributed by atoms with Gasteiger partial charge in [-0.25, -0.2) is 4.68 Å². The number of hydrogen-bond donors (Lipinski definition) is 0. The molecule has 1 heterocycles. The Kier molecular flexibility index (Phi) is 5.72. The van der Waals surface area contributed by atoms with Crippen molar-refractivity contribution in [2.75, 3.05) is 0 Å². The van der Waals surface area contributed by atoms with Crippen molar-refractivity contribution in [3.8, 4) is 5.75 Å². The van der Waals surface area contributed by atoms with Gasteiger partial charge in [0.2, 0.25) is 0 Å². The predicted molar refractivity (Wildman–Crippen MR) is 125 cm³/mol. The molecule has 0 aliphatic heterocycles. The first kappa shape index (κ1) is 19.7. The lowest BCUT2D eigenvalue weighted by Gasteiger charge is -2.36. The molecule has 0 saturated carbocycles. The molecular weight excluding hydrogens is 471 g/mol. The molecule has 0 aliphatic rings. The quantitative estimate of drug-likeness (QED) is 0.239. The number of benzene rings is 3. The predicted octanol–water partition coefficient (Wildman–Crippen LogP) is 6.12. The highest BCUT2D eigenvalue weighted by Crippen LogP contribution is 2.41. The van der Waals surface area contributed by atoms with E-state index in [1.807, 2.05) is 42.9 Å². The van der Waals surface area contributed by atoms with Crippen LogP contribution in [0.25, 0.3) is 0 Å². The Morgan fingerprint density at radius 1 is 0.759 bits per heavy atom. The number of rotatable bonds is 6. The molecule has 4 rings (SSSR count). The Labute approximate surface area is 185 Å². The molecule has 3 aromatic carbocycles. The van der Waals surface area contributed by atoms with Crippen LogP contribution >= 0.6 is 22.6 Å². The number of nitrogens with zero attached hydrogens (tertiary/aromatic N) is 2. The molecule has 0 aliphatic carbocycles. The topological polar surface area (TPSA) is 27.1 Å². The minimum absolute atomic E-state index is 0.0840. The summed E-state index contributed by atoms with van der Waals surface area (Å²) in [6.45, 7) is 4.07. The molecule has 0 N–H and O–H groups in total. The molecule has 0 unspecified atom stereocenters. The van der Waals surface area contributed by atoms with Crippen molar-refractivity contribution < 1.29 is 4.74 Å². The number of hydrogen-bond acceptors (Lipinski definition) is 2. The van der Waals surface area contributed by atoms with E-state index in [1.165, 1.54) is 0 Å². The molecule has 29 heavy (non-hydrogen) atoms. The number of aromatic nitrogens is 2. The molecule has 146 valence electrons. The zero-order valence-electron chi connectivity index (χ0n) is 16.5. The largest absolute Gasteiger partial charge is 0.487 e. The molecule has 4 heteroatoms. The van der Waals surface area contributed by atoms with Crippen molar-refractivity contribution in [2.24, 2.45) is 0 Å². The molecule has 1 aromatic heterocycles. The van der Waals surface area contributed by atoms with E-state index < -0.39 is 5.54 Å². The normalized spacial score (nSPS) is 11.6. The average Bonchev–Trinajstić information content (AvgIpc) is 3.11. The Balaban J connectivity index is 2.06. The third kappa shape index (κ3) is 3.69. The molecule has 4 aromatic rings. The monoisotopic (exact) mass is 494 g/mol. The van der Waals surface area contributed by atoms with Crippen molar-refractivity contribution in [2.45, 2.75) is 25.5 Å². The first-order valence-electron chi connectivity index (χ1n) is 9.71. The first-order chi connectivity index (χ1) is 14.1. The van der Waals surface area contributed by atoms with E-state index in [1.54, 1.807) is 0 Å². The van der Waals surface area contributed by atoms with Crippen LogP contribution in [-0.2, 0) is 5.54 Å². The van der Waals surface area contributed by atoms with Crippen molar-refractivity contribution in [1.29, 1.82) is 0 Å². The Morgan fingerprint density at radius 3 is 1.55 bits per heavy atom. The van der Waals surface area contributed by atoms with Crippen LogP contribution in [0.4, 0.5) is 0 Å². The van der Waals surface area contributed by atoms with Crippen LogP contribution in [0.3, 0.4) is 0 Å².